The summed E-state index contributed by atoms with van der Waals surface area (Å²) in [7, 11) is 3.74. The molecule has 0 saturated carbocycles. The van der Waals surface area contributed by atoms with E-state index in [1.807, 2.05) is 12.1 Å². The summed E-state index contributed by atoms with van der Waals surface area (Å²) in [5.41, 5.74) is 9.26. The quantitative estimate of drug-likeness (QED) is 0.894. The largest absolute Gasteiger partial charge is 0.497 e. The second-order valence-electron chi connectivity index (χ2n) is 4.42. The van der Waals surface area contributed by atoms with Crippen LogP contribution in [0.4, 0.5) is 11.4 Å². The first kappa shape index (κ1) is 13.4. The molecule has 0 saturated heterocycles. The third-order valence-corrected chi connectivity index (χ3v) is 3.23. The van der Waals surface area contributed by atoms with Gasteiger partial charge in [0.2, 0.25) is 0 Å². The third kappa shape index (κ3) is 3.06. The Morgan fingerprint density at radius 3 is 2.37 bits per heavy atom. The van der Waals surface area contributed by atoms with Crippen molar-refractivity contribution in [3.8, 4) is 5.75 Å². The van der Waals surface area contributed by atoms with Crippen LogP contribution in [-0.2, 0) is 6.42 Å². The Hall–Kier alpha value is -2.00. The number of ether oxygens (including phenoxy) is 1. The molecule has 0 bridgehead atoms. The molecule has 2 rings (SSSR count). The summed E-state index contributed by atoms with van der Waals surface area (Å²) in [5.74, 6) is 0.868. The summed E-state index contributed by atoms with van der Waals surface area (Å²) in [5, 5.41) is 0. The summed E-state index contributed by atoms with van der Waals surface area (Å²) < 4.78 is 5.18. The van der Waals surface area contributed by atoms with Gasteiger partial charge in [-0.1, -0.05) is 18.2 Å². The average Bonchev–Trinajstić information content (AvgIpc) is 2.47. The van der Waals surface area contributed by atoms with E-state index >= 15 is 0 Å². The van der Waals surface area contributed by atoms with Gasteiger partial charge < -0.3 is 15.4 Å². The molecule has 0 heterocycles. The van der Waals surface area contributed by atoms with E-state index in [2.05, 4.69) is 48.3 Å². The number of benzene rings is 2. The summed E-state index contributed by atoms with van der Waals surface area (Å²) >= 11 is 0. The summed E-state index contributed by atoms with van der Waals surface area (Å²) in [4.78, 5) is 2.17. The molecule has 0 aliphatic heterocycles. The number of methoxy groups -OCH3 is 1. The molecule has 0 amide bonds. The summed E-state index contributed by atoms with van der Waals surface area (Å²) in [6, 6.07) is 16.4. The van der Waals surface area contributed by atoms with Gasteiger partial charge in [0.05, 0.1) is 7.11 Å². The Kier molecular flexibility index (Phi) is 4.42. The van der Waals surface area contributed by atoms with Crippen LogP contribution >= 0.6 is 0 Å². The molecule has 0 spiro atoms. The molecule has 0 aromatic heterocycles. The molecule has 0 aliphatic rings. The smallest absolute Gasteiger partial charge is 0.119 e. The van der Waals surface area contributed by atoms with Crippen LogP contribution in [0.15, 0.2) is 48.5 Å². The fourth-order valence-electron chi connectivity index (χ4n) is 2.15. The third-order valence-electron chi connectivity index (χ3n) is 3.23. The predicted molar refractivity (Wildman–Crippen MR) is 80.3 cm³/mol. The van der Waals surface area contributed by atoms with Crippen LogP contribution in [0.3, 0.4) is 0 Å². The van der Waals surface area contributed by atoms with E-state index in [-0.39, 0.29) is 0 Å². The van der Waals surface area contributed by atoms with Gasteiger partial charge in [-0.05, 0) is 48.9 Å². The fourth-order valence-corrected chi connectivity index (χ4v) is 2.15. The zero-order chi connectivity index (χ0) is 13.7. The highest BCUT2D eigenvalue weighted by Gasteiger charge is 2.08. The number of para-hydroxylation sites is 1. The van der Waals surface area contributed by atoms with Crippen LogP contribution < -0.4 is 15.4 Å². The first-order valence-corrected chi connectivity index (χ1v) is 6.42. The Morgan fingerprint density at radius 2 is 1.74 bits per heavy atom. The van der Waals surface area contributed by atoms with Gasteiger partial charge in [0, 0.05) is 18.4 Å². The summed E-state index contributed by atoms with van der Waals surface area (Å²) in [6.07, 6.45) is 0.886. The number of nitrogens with two attached hydrogens (primary N) is 1. The Morgan fingerprint density at radius 1 is 1.05 bits per heavy atom. The molecule has 0 fully saturated rings. The number of rotatable bonds is 5. The molecule has 0 unspecified atom stereocenters. The lowest BCUT2D eigenvalue weighted by Crippen LogP contribution is -2.13. The molecular weight excluding hydrogens is 236 g/mol. The molecule has 0 radical (unpaired) electrons. The zero-order valence-electron chi connectivity index (χ0n) is 11.5. The molecule has 3 nitrogen and oxygen atoms in total. The molecule has 0 atom stereocenters. The van der Waals surface area contributed by atoms with Crippen molar-refractivity contribution in [3.63, 3.8) is 0 Å². The maximum Gasteiger partial charge on any atom is 0.119 e. The lowest BCUT2D eigenvalue weighted by molar-refractivity contribution is 0.415. The van der Waals surface area contributed by atoms with Gasteiger partial charge >= 0.3 is 0 Å². The Balaban J connectivity index is 2.29. The van der Waals surface area contributed by atoms with Crippen LogP contribution in [-0.4, -0.2) is 20.7 Å². The van der Waals surface area contributed by atoms with Crippen LogP contribution in [0, 0.1) is 0 Å². The van der Waals surface area contributed by atoms with Gasteiger partial charge in [-0.25, -0.2) is 0 Å². The van der Waals surface area contributed by atoms with Gasteiger partial charge in [0.25, 0.3) is 0 Å². The van der Waals surface area contributed by atoms with Crippen molar-refractivity contribution in [3.05, 3.63) is 54.1 Å². The lowest BCUT2D eigenvalue weighted by Gasteiger charge is -2.22. The minimum Gasteiger partial charge on any atom is -0.497 e. The van der Waals surface area contributed by atoms with Gasteiger partial charge in [0.1, 0.15) is 5.75 Å². The first-order chi connectivity index (χ1) is 9.26. The maximum atomic E-state index is 5.67. The van der Waals surface area contributed by atoms with E-state index in [0.717, 1.165) is 17.9 Å². The van der Waals surface area contributed by atoms with E-state index < -0.39 is 0 Å². The Labute approximate surface area is 114 Å². The normalized spacial score (nSPS) is 10.3. The van der Waals surface area contributed by atoms with E-state index in [1.165, 1.54) is 11.3 Å². The molecule has 2 aromatic rings. The van der Waals surface area contributed by atoms with E-state index in [0.29, 0.717) is 6.54 Å². The standard InChI is InChI=1S/C16H20N2O/c1-18(14-7-9-15(19-2)10-8-14)16-6-4-3-5-13(16)11-12-17/h3-10H,11-12,17H2,1-2H3. The average molecular weight is 256 g/mol. The van der Waals surface area contributed by atoms with Crippen molar-refractivity contribution in [2.45, 2.75) is 6.42 Å². The molecule has 100 valence electrons. The van der Waals surface area contributed by atoms with Crippen LogP contribution in [0.5, 0.6) is 5.75 Å². The van der Waals surface area contributed by atoms with E-state index in [4.69, 9.17) is 10.5 Å². The van der Waals surface area contributed by atoms with Crippen molar-refractivity contribution in [1.82, 2.24) is 0 Å². The van der Waals surface area contributed by atoms with Crippen molar-refractivity contribution < 1.29 is 4.74 Å². The second kappa shape index (κ2) is 6.25. The number of nitrogens with zero attached hydrogens (tertiary/aromatic N) is 1. The van der Waals surface area contributed by atoms with Crippen LogP contribution in [0.25, 0.3) is 0 Å². The van der Waals surface area contributed by atoms with Gasteiger partial charge in [-0.2, -0.15) is 0 Å². The van der Waals surface area contributed by atoms with Crippen LogP contribution in [0.1, 0.15) is 5.56 Å². The van der Waals surface area contributed by atoms with Crippen molar-refractivity contribution in [2.24, 2.45) is 5.73 Å². The Bertz CT molecular complexity index is 523. The second-order valence-corrected chi connectivity index (χ2v) is 4.42. The van der Waals surface area contributed by atoms with Crippen LogP contribution in [0.2, 0.25) is 0 Å². The van der Waals surface area contributed by atoms with Crippen molar-refractivity contribution in [2.75, 3.05) is 25.6 Å². The minimum atomic E-state index is 0.660. The SMILES string of the molecule is COc1ccc(N(C)c2ccccc2CCN)cc1. The zero-order valence-corrected chi connectivity index (χ0v) is 11.5. The van der Waals surface area contributed by atoms with Gasteiger partial charge in [-0.15, -0.1) is 0 Å². The molecule has 2 aromatic carbocycles. The maximum absolute atomic E-state index is 5.67. The highest BCUT2D eigenvalue weighted by Crippen LogP contribution is 2.28. The first-order valence-electron chi connectivity index (χ1n) is 6.42. The van der Waals surface area contributed by atoms with E-state index in [1.54, 1.807) is 7.11 Å². The number of hydrogen-bond acceptors (Lipinski definition) is 3. The van der Waals surface area contributed by atoms with E-state index in [9.17, 15) is 0 Å². The molecule has 19 heavy (non-hydrogen) atoms. The highest BCUT2D eigenvalue weighted by atomic mass is 16.5. The number of hydrogen-bond donors (Lipinski definition) is 1. The monoisotopic (exact) mass is 256 g/mol. The molecule has 0 aliphatic carbocycles. The van der Waals surface area contributed by atoms with Gasteiger partial charge in [-0.3, -0.25) is 0 Å². The number of anilines is 2. The fraction of sp³-hybridized carbons (Fsp3) is 0.250. The molecule has 3 heteroatoms. The topological polar surface area (TPSA) is 38.5 Å². The predicted octanol–water partition coefficient (Wildman–Crippen LogP) is 2.96. The highest BCUT2D eigenvalue weighted by molar-refractivity contribution is 5.66. The summed E-state index contributed by atoms with van der Waals surface area (Å²) in [6.45, 7) is 0.660. The minimum absolute atomic E-state index is 0.660. The van der Waals surface area contributed by atoms with Crippen molar-refractivity contribution in [1.29, 1.82) is 0 Å². The van der Waals surface area contributed by atoms with Crippen molar-refractivity contribution >= 4 is 11.4 Å². The molecule has 2 N–H and O–H groups in total. The van der Waals surface area contributed by atoms with Gasteiger partial charge in [0.15, 0.2) is 0 Å². The molecular formula is C16H20N2O. The lowest BCUT2D eigenvalue weighted by atomic mass is 10.1.